The van der Waals surface area contributed by atoms with E-state index in [0.717, 1.165) is 10.9 Å². The third-order valence-electron chi connectivity index (χ3n) is 4.60. The van der Waals surface area contributed by atoms with Crippen molar-refractivity contribution >= 4 is 40.4 Å². The Bertz CT molecular complexity index is 1350. The van der Waals surface area contributed by atoms with Crippen LogP contribution in [0.2, 0.25) is 5.02 Å². The van der Waals surface area contributed by atoms with Crippen LogP contribution in [0.4, 0.5) is 5.69 Å². The first-order chi connectivity index (χ1) is 15.8. The van der Waals surface area contributed by atoms with Gasteiger partial charge in [0.05, 0.1) is 15.4 Å². The summed E-state index contributed by atoms with van der Waals surface area (Å²) in [5, 5.41) is 20.8. The van der Waals surface area contributed by atoms with Crippen LogP contribution in [0.3, 0.4) is 0 Å². The van der Waals surface area contributed by atoms with E-state index in [1.54, 1.807) is 19.1 Å². The Morgan fingerprint density at radius 1 is 1.12 bits per heavy atom. The maximum absolute atomic E-state index is 13.0. The Balaban J connectivity index is 1.57. The molecule has 2 aromatic heterocycles. The quantitative estimate of drug-likeness (QED) is 0.146. The van der Waals surface area contributed by atoms with E-state index in [1.165, 1.54) is 35.6 Å². The first-order valence-electron chi connectivity index (χ1n) is 9.51. The number of aromatic nitrogens is 2. The molecule has 0 aliphatic heterocycles. The molecule has 0 aliphatic rings. The second kappa shape index (κ2) is 9.31. The van der Waals surface area contributed by atoms with Crippen molar-refractivity contribution in [1.82, 2.24) is 10.2 Å². The number of benzene rings is 2. The summed E-state index contributed by atoms with van der Waals surface area (Å²) in [5.74, 6) is -0.967. The number of nitro groups is 1. The molecule has 11 heteroatoms. The van der Waals surface area contributed by atoms with Gasteiger partial charge in [-0.3, -0.25) is 14.9 Å². The summed E-state index contributed by atoms with van der Waals surface area (Å²) in [6, 6.07) is 13.4. The third kappa shape index (κ3) is 4.66. The predicted octanol–water partition coefficient (Wildman–Crippen LogP) is 5.51. The molecule has 2 aromatic carbocycles. The van der Waals surface area contributed by atoms with Gasteiger partial charge in [-0.2, -0.15) is 0 Å². The van der Waals surface area contributed by atoms with Crippen LogP contribution in [0.5, 0.6) is 0 Å². The summed E-state index contributed by atoms with van der Waals surface area (Å²) >= 11 is 7.25. The average Bonchev–Trinajstić information content (AvgIpc) is 3.51. The van der Waals surface area contributed by atoms with Gasteiger partial charge < -0.3 is 9.15 Å². The number of ether oxygens (including phenoxy) is 1. The van der Waals surface area contributed by atoms with Crippen molar-refractivity contribution in [2.24, 2.45) is 0 Å². The molecule has 0 spiro atoms. The fourth-order valence-electron chi connectivity index (χ4n) is 2.98. The Morgan fingerprint density at radius 2 is 1.88 bits per heavy atom. The molecule has 9 nitrogen and oxygen atoms in total. The fraction of sp³-hybridized carbons (Fsp3) is 0.0909. The molecular weight excluding hydrogens is 470 g/mol. The van der Waals surface area contributed by atoms with Crippen molar-refractivity contribution in [2.45, 2.75) is 13.0 Å². The molecule has 0 radical (unpaired) electrons. The van der Waals surface area contributed by atoms with Gasteiger partial charge in [0.15, 0.2) is 11.9 Å². The second-order valence-electron chi connectivity index (χ2n) is 6.77. The summed E-state index contributed by atoms with van der Waals surface area (Å²) in [6.45, 7) is 1.57. The van der Waals surface area contributed by atoms with Crippen molar-refractivity contribution in [3.8, 4) is 10.8 Å². The van der Waals surface area contributed by atoms with Gasteiger partial charge in [-0.1, -0.05) is 35.9 Å². The van der Waals surface area contributed by atoms with Crippen LogP contribution < -0.4 is 0 Å². The van der Waals surface area contributed by atoms with Crippen LogP contribution in [0.1, 0.15) is 45.2 Å². The number of carbonyl (C=O) groups excluding carboxylic acids is 2. The zero-order valence-electron chi connectivity index (χ0n) is 16.9. The number of nitrogens with zero attached hydrogens (tertiary/aromatic N) is 3. The molecule has 0 N–H and O–H groups in total. The molecule has 0 aliphatic carbocycles. The van der Waals surface area contributed by atoms with Gasteiger partial charge in [0.1, 0.15) is 5.02 Å². The number of thiophene rings is 1. The maximum atomic E-state index is 13.0. The zero-order valence-corrected chi connectivity index (χ0v) is 18.5. The summed E-state index contributed by atoms with van der Waals surface area (Å²) in [4.78, 5) is 37.1. The number of ketones is 1. The Hall–Kier alpha value is -3.89. The maximum Gasteiger partial charge on any atom is 0.339 e. The highest BCUT2D eigenvalue weighted by molar-refractivity contribution is 7.13. The average molecular weight is 484 g/mol. The van der Waals surface area contributed by atoms with E-state index in [9.17, 15) is 19.7 Å². The molecular formula is C22H14ClN3O6S. The van der Waals surface area contributed by atoms with Crippen LogP contribution in [0.15, 0.2) is 64.4 Å². The van der Waals surface area contributed by atoms with Crippen LogP contribution >= 0.6 is 22.9 Å². The first-order valence-corrected chi connectivity index (χ1v) is 10.8. The molecule has 0 bridgehead atoms. The van der Waals surface area contributed by atoms with Gasteiger partial charge in [-0.25, -0.2) is 4.79 Å². The molecule has 33 heavy (non-hydrogen) atoms. The smallest absolute Gasteiger partial charge is 0.339 e. The molecule has 4 rings (SSSR count). The van der Waals surface area contributed by atoms with E-state index >= 15 is 0 Å². The lowest BCUT2D eigenvalue weighted by Gasteiger charge is -2.12. The van der Waals surface area contributed by atoms with Crippen molar-refractivity contribution in [2.75, 3.05) is 0 Å². The molecule has 0 saturated carbocycles. The molecule has 0 saturated heterocycles. The predicted molar refractivity (Wildman–Crippen MR) is 119 cm³/mol. The lowest BCUT2D eigenvalue weighted by atomic mass is 9.98. The lowest BCUT2D eigenvalue weighted by molar-refractivity contribution is -0.384. The minimum absolute atomic E-state index is 0.00931. The van der Waals surface area contributed by atoms with Gasteiger partial charge >= 0.3 is 5.97 Å². The van der Waals surface area contributed by atoms with Gasteiger partial charge in [-0.05, 0) is 36.6 Å². The van der Waals surface area contributed by atoms with Gasteiger partial charge in [0, 0.05) is 17.2 Å². The zero-order chi connectivity index (χ0) is 23.5. The van der Waals surface area contributed by atoms with E-state index in [1.807, 2.05) is 17.5 Å². The topological polar surface area (TPSA) is 125 Å². The van der Waals surface area contributed by atoms with E-state index in [0.29, 0.717) is 5.89 Å². The molecule has 4 aromatic rings. The normalized spacial score (nSPS) is 11.7. The van der Waals surface area contributed by atoms with Gasteiger partial charge in [0.2, 0.25) is 0 Å². The number of halogens is 1. The minimum atomic E-state index is -0.876. The first kappa shape index (κ1) is 22.3. The SMILES string of the molecule is CC(OC(=O)c1ccccc1C(=O)c1ccc(Cl)c([N+](=O)[O-])c1)c1nnc(-c2cccs2)o1. The second-order valence-corrected chi connectivity index (χ2v) is 8.12. The highest BCUT2D eigenvalue weighted by Crippen LogP contribution is 2.28. The minimum Gasteiger partial charge on any atom is -0.449 e. The number of rotatable bonds is 7. The molecule has 166 valence electrons. The Kier molecular flexibility index (Phi) is 6.29. The standard InChI is InChI=1S/C22H14ClN3O6S/c1-12(20-24-25-21(32-20)18-7-4-10-33-18)31-22(28)15-6-3-2-5-14(15)19(27)13-8-9-16(23)17(11-13)26(29)30/h2-12H,1H3. The summed E-state index contributed by atoms with van der Waals surface area (Å²) in [6.07, 6.45) is -0.876. The molecule has 0 fully saturated rings. The Morgan fingerprint density at radius 3 is 2.58 bits per heavy atom. The van der Waals surface area contributed by atoms with E-state index < -0.39 is 28.5 Å². The summed E-state index contributed by atoms with van der Waals surface area (Å²) < 4.78 is 11.0. The van der Waals surface area contributed by atoms with Crippen molar-refractivity contribution < 1.29 is 23.7 Å². The van der Waals surface area contributed by atoms with Crippen LogP contribution in [0, 0.1) is 10.1 Å². The number of hydrogen-bond donors (Lipinski definition) is 0. The van der Waals surface area contributed by atoms with Crippen molar-refractivity contribution in [3.05, 3.63) is 97.7 Å². The van der Waals surface area contributed by atoms with E-state index in [4.69, 9.17) is 20.8 Å². The highest BCUT2D eigenvalue weighted by atomic mass is 35.5. The highest BCUT2D eigenvalue weighted by Gasteiger charge is 2.25. The number of esters is 1. The number of nitro benzene ring substituents is 1. The third-order valence-corrected chi connectivity index (χ3v) is 5.78. The van der Waals surface area contributed by atoms with Crippen molar-refractivity contribution in [3.63, 3.8) is 0 Å². The monoisotopic (exact) mass is 483 g/mol. The van der Waals surface area contributed by atoms with Gasteiger partial charge in [-0.15, -0.1) is 21.5 Å². The van der Waals surface area contributed by atoms with E-state index in [2.05, 4.69) is 10.2 Å². The van der Waals surface area contributed by atoms with Crippen LogP contribution in [-0.4, -0.2) is 26.9 Å². The van der Waals surface area contributed by atoms with E-state index in [-0.39, 0.29) is 27.6 Å². The largest absolute Gasteiger partial charge is 0.449 e. The summed E-state index contributed by atoms with van der Waals surface area (Å²) in [5.41, 5.74) is -0.382. The number of carbonyl (C=O) groups is 2. The summed E-state index contributed by atoms with van der Waals surface area (Å²) in [7, 11) is 0. The molecule has 0 amide bonds. The number of hydrogen-bond acceptors (Lipinski definition) is 9. The molecule has 2 heterocycles. The van der Waals surface area contributed by atoms with Crippen molar-refractivity contribution in [1.29, 1.82) is 0 Å². The fourth-order valence-corrected chi connectivity index (χ4v) is 3.81. The Labute approximate surface area is 195 Å². The van der Waals surface area contributed by atoms with Crippen LogP contribution in [-0.2, 0) is 4.74 Å². The lowest BCUT2D eigenvalue weighted by Crippen LogP contribution is -2.15. The molecule has 1 atom stereocenters. The van der Waals surface area contributed by atoms with Crippen LogP contribution in [0.25, 0.3) is 10.8 Å². The van der Waals surface area contributed by atoms with Gasteiger partial charge in [0.25, 0.3) is 17.5 Å². The molecule has 1 unspecified atom stereocenters.